The molecule has 1 aliphatic heterocycles. The predicted molar refractivity (Wildman–Crippen MR) is 109 cm³/mol. The second-order valence-corrected chi connectivity index (χ2v) is 7.29. The van der Waals surface area contributed by atoms with Crippen LogP contribution in [0.25, 0.3) is 0 Å². The van der Waals surface area contributed by atoms with Gasteiger partial charge in [-0.05, 0) is 26.8 Å². The van der Waals surface area contributed by atoms with Crippen molar-refractivity contribution in [2.45, 2.75) is 46.3 Å². The number of carbonyl (C=O) groups is 4. The van der Waals surface area contributed by atoms with Gasteiger partial charge in [0.05, 0.1) is 27.4 Å². The lowest BCUT2D eigenvalue weighted by molar-refractivity contribution is -0.160. The SMILES string of the molecule is COc1cc(CC2C(=O)N(C(C)=O)CC(=O)N2C(=O)OC(C)C)c(OC)c(C)c1OC. The van der Waals surface area contributed by atoms with E-state index < -0.39 is 42.5 Å². The first-order valence-corrected chi connectivity index (χ1v) is 9.70. The molecule has 1 aromatic rings. The highest BCUT2D eigenvalue weighted by molar-refractivity contribution is 6.09. The van der Waals surface area contributed by atoms with Crippen LogP contribution in [0.15, 0.2) is 6.07 Å². The molecule has 31 heavy (non-hydrogen) atoms. The van der Waals surface area contributed by atoms with Crippen LogP contribution in [0.4, 0.5) is 4.79 Å². The fraction of sp³-hybridized carbons (Fsp3) is 0.524. The van der Waals surface area contributed by atoms with Crippen LogP contribution in [0.5, 0.6) is 17.2 Å². The lowest BCUT2D eigenvalue weighted by atomic mass is 9.97. The van der Waals surface area contributed by atoms with Gasteiger partial charge in [-0.1, -0.05) is 0 Å². The van der Waals surface area contributed by atoms with Crippen LogP contribution >= 0.6 is 0 Å². The molecule has 170 valence electrons. The minimum Gasteiger partial charge on any atom is -0.496 e. The van der Waals surface area contributed by atoms with Crippen LogP contribution in [0.3, 0.4) is 0 Å². The summed E-state index contributed by atoms with van der Waals surface area (Å²) in [5.41, 5.74) is 1.12. The molecule has 0 N–H and O–H groups in total. The summed E-state index contributed by atoms with van der Waals surface area (Å²) < 4.78 is 21.4. The maximum atomic E-state index is 13.1. The molecule has 1 fully saturated rings. The zero-order valence-electron chi connectivity index (χ0n) is 18.8. The summed E-state index contributed by atoms with van der Waals surface area (Å²) in [5.74, 6) is -0.713. The van der Waals surface area contributed by atoms with Gasteiger partial charge in [0.1, 0.15) is 18.3 Å². The Morgan fingerprint density at radius 1 is 1.10 bits per heavy atom. The first kappa shape index (κ1) is 24.0. The predicted octanol–water partition coefficient (Wildman–Crippen LogP) is 1.69. The van der Waals surface area contributed by atoms with Gasteiger partial charge in [-0.25, -0.2) is 9.69 Å². The van der Waals surface area contributed by atoms with Crippen molar-refractivity contribution in [3.63, 3.8) is 0 Å². The third-order valence-corrected chi connectivity index (χ3v) is 4.88. The molecule has 1 saturated heterocycles. The molecule has 10 nitrogen and oxygen atoms in total. The van der Waals surface area contributed by atoms with Crippen molar-refractivity contribution in [3.05, 3.63) is 17.2 Å². The number of benzene rings is 1. The van der Waals surface area contributed by atoms with Crippen LogP contribution in [0.1, 0.15) is 31.9 Å². The van der Waals surface area contributed by atoms with Crippen molar-refractivity contribution in [1.82, 2.24) is 9.80 Å². The number of nitrogens with zero attached hydrogens (tertiary/aromatic N) is 2. The topological polar surface area (TPSA) is 112 Å². The highest BCUT2D eigenvalue weighted by Gasteiger charge is 2.45. The van der Waals surface area contributed by atoms with Crippen LogP contribution < -0.4 is 14.2 Å². The van der Waals surface area contributed by atoms with Crippen LogP contribution in [-0.2, 0) is 25.5 Å². The summed E-state index contributed by atoms with van der Waals surface area (Å²) in [6.07, 6.45) is -1.55. The van der Waals surface area contributed by atoms with Crippen molar-refractivity contribution < 1.29 is 38.1 Å². The van der Waals surface area contributed by atoms with Gasteiger partial charge < -0.3 is 18.9 Å². The van der Waals surface area contributed by atoms with Gasteiger partial charge in [-0.3, -0.25) is 19.3 Å². The highest BCUT2D eigenvalue weighted by Crippen LogP contribution is 2.40. The molecule has 0 saturated carbocycles. The maximum Gasteiger partial charge on any atom is 0.417 e. The Morgan fingerprint density at radius 2 is 1.71 bits per heavy atom. The van der Waals surface area contributed by atoms with E-state index in [1.807, 2.05) is 0 Å². The van der Waals surface area contributed by atoms with Gasteiger partial charge in [0, 0.05) is 24.5 Å². The van der Waals surface area contributed by atoms with Crippen molar-refractivity contribution in [2.24, 2.45) is 0 Å². The van der Waals surface area contributed by atoms with Gasteiger partial charge >= 0.3 is 6.09 Å². The number of imide groups is 2. The molecule has 10 heteroatoms. The van der Waals surface area contributed by atoms with E-state index in [2.05, 4.69) is 0 Å². The highest BCUT2D eigenvalue weighted by atomic mass is 16.6. The number of hydrogen-bond donors (Lipinski definition) is 0. The molecular weight excluding hydrogens is 408 g/mol. The Hall–Kier alpha value is -3.30. The summed E-state index contributed by atoms with van der Waals surface area (Å²) in [4.78, 5) is 52.0. The summed E-state index contributed by atoms with van der Waals surface area (Å²) in [5, 5.41) is 0. The molecular formula is C21H28N2O8. The van der Waals surface area contributed by atoms with Gasteiger partial charge in [-0.15, -0.1) is 0 Å². The molecule has 0 aliphatic carbocycles. The van der Waals surface area contributed by atoms with Crippen molar-refractivity contribution >= 4 is 23.8 Å². The number of hydrogen-bond acceptors (Lipinski definition) is 8. The lowest BCUT2D eigenvalue weighted by Gasteiger charge is -2.37. The molecule has 4 amide bonds. The van der Waals surface area contributed by atoms with Gasteiger partial charge in [0.2, 0.25) is 5.91 Å². The zero-order valence-corrected chi connectivity index (χ0v) is 18.8. The van der Waals surface area contributed by atoms with E-state index in [-0.39, 0.29) is 6.42 Å². The Morgan fingerprint density at radius 3 is 2.19 bits per heavy atom. The fourth-order valence-corrected chi connectivity index (χ4v) is 3.55. The molecule has 1 atom stereocenters. The van der Waals surface area contributed by atoms with E-state index in [9.17, 15) is 19.2 Å². The fourth-order valence-electron chi connectivity index (χ4n) is 3.55. The largest absolute Gasteiger partial charge is 0.496 e. The molecule has 1 aliphatic rings. The van der Waals surface area contributed by atoms with E-state index in [1.54, 1.807) is 26.8 Å². The van der Waals surface area contributed by atoms with Crippen LogP contribution in [-0.4, -0.2) is 73.6 Å². The second-order valence-electron chi connectivity index (χ2n) is 7.29. The summed E-state index contributed by atoms with van der Waals surface area (Å²) >= 11 is 0. The average Bonchev–Trinajstić information content (AvgIpc) is 2.69. The average molecular weight is 436 g/mol. The van der Waals surface area contributed by atoms with Gasteiger partial charge in [0.25, 0.3) is 11.8 Å². The van der Waals surface area contributed by atoms with Crippen molar-refractivity contribution in [3.8, 4) is 17.2 Å². The Kier molecular flexibility index (Phi) is 7.48. The lowest BCUT2D eigenvalue weighted by Crippen LogP contribution is -2.63. The maximum absolute atomic E-state index is 13.1. The number of methoxy groups -OCH3 is 3. The van der Waals surface area contributed by atoms with E-state index in [1.165, 1.54) is 28.3 Å². The molecule has 1 unspecified atom stereocenters. The smallest absolute Gasteiger partial charge is 0.417 e. The van der Waals surface area contributed by atoms with Gasteiger partial charge in [0.15, 0.2) is 11.5 Å². The minimum absolute atomic E-state index is 0.105. The molecule has 1 heterocycles. The zero-order chi connectivity index (χ0) is 23.5. The molecule has 2 rings (SSSR count). The third-order valence-electron chi connectivity index (χ3n) is 4.88. The molecule has 0 radical (unpaired) electrons. The summed E-state index contributed by atoms with van der Waals surface area (Å²) in [6.45, 7) is 5.67. The number of piperazine rings is 1. The van der Waals surface area contributed by atoms with E-state index >= 15 is 0 Å². The molecule has 1 aromatic carbocycles. The summed E-state index contributed by atoms with van der Waals surface area (Å²) in [6, 6.07) is 0.323. The van der Waals surface area contributed by atoms with E-state index in [0.717, 1.165) is 9.80 Å². The monoisotopic (exact) mass is 436 g/mol. The first-order valence-electron chi connectivity index (χ1n) is 9.70. The van der Waals surface area contributed by atoms with E-state index in [4.69, 9.17) is 18.9 Å². The van der Waals surface area contributed by atoms with E-state index in [0.29, 0.717) is 28.4 Å². The quantitative estimate of drug-likeness (QED) is 0.662. The Labute approximate surface area is 181 Å². The van der Waals surface area contributed by atoms with Crippen molar-refractivity contribution in [1.29, 1.82) is 0 Å². The molecule has 0 spiro atoms. The van der Waals surface area contributed by atoms with Gasteiger partial charge in [-0.2, -0.15) is 0 Å². The number of rotatable bonds is 6. The second kappa shape index (κ2) is 9.67. The molecule has 0 aromatic heterocycles. The Balaban J connectivity index is 2.58. The van der Waals surface area contributed by atoms with Crippen molar-refractivity contribution in [2.75, 3.05) is 27.9 Å². The Bertz CT molecular complexity index is 896. The summed E-state index contributed by atoms with van der Waals surface area (Å²) in [7, 11) is 4.41. The van der Waals surface area contributed by atoms with Crippen LogP contribution in [0.2, 0.25) is 0 Å². The minimum atomic E-state index is -1.29. The molecule has 0 bridgehead atoms. The number of carbonyl (C=O) groups excluding carboxylic acids is 4. The standard InChI is InChI=1S/C21H28N2O8/c1-11(2)31-21(27)23-15(20(26)22(13(4)24)10-17(23)25)8-14-9-16(28-5)19(30-7)12(3)18(14)29-6/h9,11,15H,8,10H2,1-7H3. The first-order chi connectivity index (χ1) is 14.6. The normalized spacial score (nSPS) is 16.5. The number of amides is 4. The van der Waals surface area contributed by atoms with Crippen LogP contribution in [0, 0.1) is 6.92 Å². The third kappa shape index (κ3) is 4.73. The number of ether oxygens (including phenoxy) is 4.